The van der Waals surface area contributed by atoms with Crippen molar-refractivity contribution >= 4 is 38.3 Å². The first kappa shape index (κ1) is 19.9. The highest BCUT2D eigenvalue weighted by Gasteiger charge is 2.23. The molecule has 28 heavy (non-hydrogen) atoms. The molecule has 1 amide bonds. The number of hydrogen-bond donors (Lipinski definition) is 0. The van der Waals surface area contributed by atoms with Crippen LogP contribution in [0.1, 0.15) is 21.5 Å². The molecule has 0 saturated carbocycles. The van der Waals surface area contributed by atoms with E-state index < -0.39 is 4.92 Å². The number of hydrogen-bond acceptors (Lipinski definition) is 6. The van der Waals surface area contributed by atoms with Crippen LogP contribution in [-0.2, 0) is 0 Å². The Morgan fingerprint density at radius 3 is 2.61 bits per heavy atom. The molecule has 7 nitrogen and oxygen atoms in total. The summed E-state index contributed by atoms with van der Waals surface area (Å²) in [6.45, 7) is 5.12. The van der Waals surface area contributed by atoms with Gasteiger partial charge in [-0.15, -0.1) is 0 Å². The Bertz CT molecular complexity index is 1050. The minimum Gasteiger partial charge on any atom is -0.308 e. The normalized spacial score (nSPS) is 11.2. The number of nitrogens with zero attached hydrogens (tertiary/aromatic N) is 4. The molecule has 3 aromatic rings. The van der Waals surface area contributed by atoms with Crippen molar-refractivity contribution in [3.8, 4) is 0 Å². The number of rotatable bonds is 6. The largest absolute Gasteiger partial charge is 0.308 e. The molecule has 0 aliphatic carbocycles. The average Bonchev–Trinajstić information content (AvgIpc) is 3.05. The third-order valence-electron chi connectivity index (χ3n) is 4.37. The van der Waals surface area contributed by atoms with Gasteiger partial charge in [0.2, 0.25) is 0 Å². The summed E-state index contributed by atoms with van der Waals surface area (Å²) < 4.78 is 1.02. The molecule has 0 unspecified atom stereocenters. The molecular formula is C20H22N4O3S. The lowest BCUT2D eigenvalue weighted by molar-refractivity contribution is -0.384. The van der Waals surface area contributed by atoms with E-state index in [1.54, 1.807) is 11.0 Å². The van der Waals surface area contributed by atoms with Crippen LogP contribution in [0.2, 0.25) is 0 Å². The van der Waals surface area contributed by atoms with Gasteiger partial charge < -0.3 is 4.90 Å². The first-order valence-electron chi connectivity index (χ1n) is 8.85. The maximum atomic E-state index is 13.2. The number of likely N-dealkylation sites (N-methyl/N-ethyl adjacent to an activating group) is 1. The molecule has 1 heterocycles. The lowest BCUT2D eigenvalue weighted by Gasteiger charge is -2.22. The highest BCUT2D eigenvalue weighted by Crippen LogP contribution is 2.32. The molecule has 0 bridgehead atoms. The summed E-state index contributed by atoms with van der Waals surface area (Å²) in [4.78, 5) is 32.1. The van der Waals surface area contributed by atoms with Crippen LogP contribution in [0.5, 0.6) is 0 Å². The summed E-state index contributed by atoms with van der Waals surface area (Å²) in [6.07, 6.45) is 0. The highest BCUT2D eigenvalue weighted by atomic mass is 32.1. The Morgan fingerprint density at radius 2 is 1.93 bits per heavy atom. The number of aryl methyl sites for hydroxylation is 2. The molecule has 0 aliphatic heterocycles. The fraction of sp³-hybridized carbons (Fsp3) is 0.300. The van der Waals surface area contributed by atoms with E-state index in [1.807, 2.05) is 32.8 Å². The van der Waals surface area contributed by atoms with E-state index in [4.69, 9.17) is 4.98 Å². The van der Waals surface area contributed by atoms with Gasteiger partial charge in [0, 0.05) is 30.8 Å². The summed E-state index contributed by atoms with van der Waals surface area (Å²) in [5.74, 6) is -0.293. The molecule has 0 radical (unpaired) electrons. The van der Waals surface area contributed by atoms with Gasteiger partial charge in [-0.25, -0.2) is 4.98 Å². The van der Waals surface area contributed by atoms with Crippen molar-refractivity contribution in [1.29, 1.82) is 0 Å². The number of benzene rings is 2. The predicted molar refractivity (Wildman–Crippen MR) is 112 cm³/mol. The standard InChI is InChI=1S/C20H22N4O3S/c1-13-10-14(2)18-17(11-13)28-20(21-18)23(9-8-22(3)4)19(25)15-6-5-7-16(12-15)24(26)27/h5-7,10-12H,8-9H2,1-4H3. The van der Waals surface area contributed by atoms with Crippen LogP contribution < -0.4 is 4.90 Å². The van der Waals surface area contributed by atoms with Crippen LogP contribution in [0.4, 0.5) is 10.8 Å². The second-order valence-electron chi connectivity index (χ2n) is 6.99. The lowest BCUT2D eigenvalue weighted by atomic mass is 10.1. The van der Waals surface area contributed by atoms with Crippen molar-refractivity contribution < 1.29 is 9.72 Å². The summed E-state index contributed by atoms with van der Waals surface area (Å²) in [6, 6.07) is 9.95. The van der Waals surface area contributed by atoms with Gasteiger partial charge in [-0.2, -0.15) is 0 Å². The number of thiazole rings is 1. The Kier molecular flexibility index (Phi) is 5.71. The molecule has 8 heteroatoms. The van der Waals surface area contributed by atoms with E-state index in [1.165, 1.54) is 29.5 Å². The molecule has 1 aromatic heterocycles. The van der Waals surface area contributed by atoms with E-state index in [2.05, 4.69) is 12.1 Å². The molecular weight excluding hydrogens is 376 g/mol. The number of non-ortho nitro benzene ring substituents is 1. The second kappa shape index (κ2) is 8.04. The molecule has 0 fully saturated rings. The van der Waals surface area contributed by atoms with Crippen molar-refractivity contribution in [2.24, 2.45) is 0 Å². The molecule has 0 spiro atoms. The number of nitro groups is 1. The second-order valence-corrected chi connectivity index (χ2v) is 8.00. The van der Waals surface area contributed by atoms with Gasteiger partial charge in [-0.05, 0) is 51.2 Å². The highest BCUT2D eigenvalue weighted by molar-refractivity contribution is 7.22. The molecule has 0 aliphatic rings. The van der Waals surface area contributed by atoms with Crippen LogP contribution in [-0.4, -0.2) is 47.9 Å². The van der Waals surface area contributed by atoms with Gasteiger partial charge in [-0.1, -0.05) is 23.5 Å². The topological polar surface area (TPSA) is 79.6 Å². The van der Waals surface area contributed by atoms with Gasteiger partial charge in [0.25, 0.3) is 11.6 Å². The van der Waals surface area contributed by atoms with Crippen LogP contribution in [0.15, 0.2) is 36.4 Å². The number of anilines is 1. The van der Waals surface area contributed by atoms with Crippen LogP contribution in [0.25, 0.3) is 10.2 Å². The quantitative estimate of drug-likeness (QED) is 0.463. The van der Waals surface area contributed by atoms with Crippen molar-refractivity contribution in [1.82, 2.24) is 9.88 Å². The maximum absolute atomic E-state index is 13.2. The van der Waals surface area contributed by atoms with E-state index >= 15 is 0 Å². The molecule has 146 valence electrons. The number of amides is 1. The minimum absolute atomic E-state index is 0.103. The van der Waals surface area contributed by atoms with Crippen molar-refractivity contribution in [2.75, 3.05) is 32.1 Å². The minimum atomic E-state index is -0.495. The van der Waals surface area contributed by atoms with Gasteiger partial charge >= 0.3 is 0 Å². The lowest BCUT2D eigenvalue weighted by Crippen LogP contribution is -2.36. The number of aromatic nitrogens is 1. The Labute approximate surface area is 167 Å². The van der Waals surface area contributed by atoms with E-state index in [9.17, 15) is 14.9 Å². The molecule has 2 aromatic carbocycles. The SMILES string of the molecule is Cc1cc(C)c2nc(N(CCN(C)C)C(=O)c3cccc([N+](=O)[O-])c3)sc2c1. The Balaban J connectivity index is 2.04. The monoisotopic (exact) mass is 398 g/mol. The predicted octanol–water partition coefficient (Wildman–Crippen LogP) is 4.03. The average molecular weight is 398 g/mol. The van der Waals surface area contributed by atoms with E-state index in [0.717, 1.165) is 21.3 Å². The third kappa shape index (κ3) is 4.18. The molecule has 0 atom stereocenters. The van der Waals surface area contributed by atoms with Gasteiger partial charge in [0.1, 0.15) is 0 Å². The number of fused-ring (bicyclic) bond motifs is 1. The zero-order chi connectivity index (χ0) is 20.4. The van der Waals surface area contributed by atoms with Crippen LogP contribution in [0, 0.1) is 24.0 Å². The summed E-state index contributed by atoms with van der Waals surface area (Å²) in [5, 5.41) is 11.7. The maximum Gasteiger partial charge on any atom is 0.270 e. The van der Waals surface area contributed by atoms with Crippen molar-refractivity contribution in [3.05, 3.63) is 63.2 Å². The van der Waals surface area contributed by atoms with E-state index in [0.29, 0.717) is 18.2 Å². The molecule has 3 rings (SSSR count). The Morgan fingerprint density at radius 1 is 1.18 bits per heavy atom. The molecule has 0 N–H and O–H groups in total. The van der Waals surface area contributed by atoms with Crippen molar-refractivity contribution in [2.45, 2.75) is 13.8 Å². The van der Waals surface area contributed by atoms with Gasteiger partial charge in [0.15, 0.2) is 5.13 Å². The van der Waals surface area contributed by atoms with Crippen LogP contribution >= 0.6 is 11.3 Å². The fourth-order valence-electron chi connectivity index (χ4n) is 2.97. The van der Waals surface area contributed by atoms with Gasteiger partial charge in [-0.3, -0.25) is 19.8 Å². The summed E-state index contributed by atoms with van der Waals surface area (Å²) in [5.41, 5.74) is 3.26. The summed E-state index contributed by atoms with van der Waals surface area (Å²) >= 11 is 1.46. The zero-order valence-electron chi connectivity index (χ0n) is 16.3. The summed E-state index contributed by atoms with van der Waals surface area (Å²) in [7, 11) is 3.86. The fourth-order valence-corrected chi connectivity index (χ4v) is 4.13. The smallest absolute Gasteiger partial charge is 0.270 e. The van der Waals surface area contributed by atoms with Crippen LogP contribution in [0.3, 0.4) is 0 Å². The van der Waals surface area contributed by atoms with Crippen molar-refractivity contribution in [3.63, 3.8) is 0 Å². The third-order valence-corrected chi connectivity index (χ3v) is 5.39. The van der Waals surface area contributed by atoms with Gasteiger partial charge in [0.05, 0.1) is 15.1 Å². The number of nitro benzene ring substituents is 1. The zero-order valence-corrected chi connectivity index (χ0v) is 17.1. The van der Waals surface area contributed by atoms with E-state index in [-0.39, 0.29) is 17.2 Å². The molecule has 0 saturated heterocycles. The first-order valence-corrected chi connectivity index (χ1v) is 9.67. The number of carbonyl (C=O) groups excluding carboxylic acids is 1. The number of carbonyl (C=O) groups is 1. The first-order chi connectivity index (χ1) is 13.3. The Hall–Kier alpha value is -2.84.